The Balaban J connectivity index is 2.44. The largest absolute Gasteiger partial charge is 0.407 e. The van der Waals surface area contributed by atoms with Crippen molar-refractivity contribution in [1.82, 2.24) is 20.2 Å². The van der Waals surface area contributed by atoms with Gasteiger partial charge in [-0.3, -0.25) is 0 Å². The van der Waals surface area contributed by atoms with Gasteiger partial charge in [0.1, 0.15) is 0 Å². The van der Waals surface area contributed by atoms with Crippen molar-refractivity contribution in [2.24, 2.45) is 5.92 Å². The molecule has 0 atom stereocenters. The summed E-state index contributed by atoms with van der Waals surface area (Å²) in [5.74, 6) is 1.04. The summed E-state index contributed by atoms with van der Waals surface area (Å²) < 4.78 is 30.4. The third-order valence-corrected chi connectivity index (χ3v) is 3.36. The number of nitrogens with zero attached hydrogens (tertiary/aromatic N) is 2. The van der Waals surface area contributed by atoms with Crippen LogP contribution in [0.15, 0.2) is 4.42 Å². The molecule has 0 saturated carbocycles. The monoisotopic (exact) mass is 319 g/mol. The molecule has 0 bridgehead atoms. The number of nitrogens with one attached hydrogen (secondary N) is 3. The van der Waals surface area contributed by atoms with Gasteiger partial charge in [-0.05, 0) is 26.3 Å². The Morgan fingerprint density at radius 1 is 1.29 bits per heavy atom. The van der Waals surface area contributed by atoms with Crippen molar-refractivity contribution in [3.8, 4) is 0 Å². The molecule has 1 rings (SSSR count). The second kappa shape index (κ2) is 7.19. The van der Waals surface area contributed by atoms with E-state index in [9.17, 15) is 8.42 Å². The first-order valence-corrected chi connectivity index (χ1v) is 8.72. The van der Waals surface area contributed by atoms with E-state index >= 15 is 0 Å². The zero-order valence-corrected chi connectivity index (χ0v) is 14.0. The molecule has 0 amide bonds. The van der Waals surface area contributed by atoms with E-state index in [1.807, 2.05) is 0 Å². The quantitative estimate of drug-likeness (QED) is 0.610. The Kier molecular flexibility index (Phi) is 6.11. The molecule has 0 aliphatic heterocycles. The Morgan fingerprint density at radius 3 is 2.52 bits per heavy atom. The second-order valence-electron chi connectivity index (χ2n) is 6.14. The summed E-state index contributed by atoms with van der Waals surface area (Å²) in [6.45, 7) is 9.48. The van der Waals surface area contributed by atoms with Crippen molar-refractivity contribution < 1.29 is 12.8 Å². The van der Waals surface area contributed by atoms with Gasteiger partial charge in [0.25, 0.3) is 0 Å². The van der Waals surface area contributed by atoms with Gasteiger partial charge in [0.05, 0.1) is 12.8 Å². The van der Waals surface area contributed by atoms with Crippen molar-refractivity contribution >= 4 is 16.0 Å². The van der Waals surface area contributed by atoms with Crippen LogP contribution in [0, 0.1) is 5.92 Å². The fourth-order valence-electron chi connectivity index (χ4n) is 1.70. The van der Waals surface area contributed by atoms with Crippen molar-refractivity contribution in [2.75, 3.05) is 24.7 Å². The maximum absolute atomic E-state index is 11.2. The average Bonchev–Trinajstić information content (AvgIpc) is 2.71. The number of rotatable bonds is 9. The third kappa shape index (κ3) is 7.98. The minimum atomic E-state index is -3.27. The van der Waals surface area contributed by atoms with Gasteiger partial charge in [-0.2, -0.15) is 0 Å². The molecule has 1 heterocycles. The smallest absolute Gasteiger partial charge is 0.315 e. The number of hydrogen-bond acceptors (Lipinski definition) is 7. The summed E-state index contributed by atoms with van der Waals surface area (Å²) in [4.78, 5) is 0. The summed E-state index contributed by atoms with van der Waals surface area (Å²) in [5.41, 5.74) is -0.655. The molecule has 8 nitrogen and oxygen atoms in total. The first-order chi connectivity index (χ1) is 9.57. The van der Waals surface area contributed by atoms with Crippen molar-refractivity contribution in [1.29, 1.82) is 0 Å². The highest BCUT2D eigenvalue weighted by atomic mass is 32.2. The Labute approximate surface area is 126 Å². The van der Waals surface area contributed by atoms with Crippen LogP contribution in [-0.4, -0.2) is 43.5 Å². The molecule has 122 valence electrons. The Bertz CT molecular complexity index is 539. The van der Waals surface area contributed by atoms with Crippen LogP contribution in [0.5, 0.6) is 0 Å². The van der Waals surface area contributed by atoms with Crippen LogP contribution >= 0.6 is 0 Å². The summed E-state index contributed by atoms with van der Waals surface area (Å²) in [7, 11) is -3.27. The first kappa shape index (κ1) is 17.9. The Hall–Kier alpha value is -1.19. The minimum Gasteiger partial charge on any atom is -0.407 e. The van der Waals surface area contributed by atoms with Crippen LogP contribution in [-0.2, 0) is 16.6 Å². The molecular weight excluding hydrogens is 294 g/mol. The second-order valence-corrected chi connectivity index (χ2v) is 7.89. The summed E-state index contributed by atoms with van der Waals surface area (Å²) in [5, 5.41) is 13.9. The van der Waals surface area contributed by atoms with Gasteiger partial charge in [-0.25, -0.2) is 13.1 Å². The maximum Gasteiger partial charge on any atom is 0.315 e. The SMILES string of the molecule is CC(C)CNCc1nnc(NCC(C)(C)NS(C)(=O)=O)o1. The van der Waals surface area contributed by atoms with Crippen LogP contribution in [0.1, 0.15) is 33.6 Å². The fourth-order valence-corrected chi connectivity index (χ4v) is 2.77. The van der Waals surface area contributed by atoms with E-state index in [1.165, 1.54) is 0 Å². The molecule has 1 aromatic rings. The molecule has 9 heteroatoms. The van der Waals surface area contributed by atoms with Crippen molar-refractivity contribution in [2.45, 2.75) is 39.8 Å². The molecule has 0 aliphatic rings. The van der Waals surface area contributed by atoms with E-state index in [0.29, 0.717) is 24.9 Å². The van der Waals surface area contributed by atoms with Gasteiger partial charge in [0, 0.05) is 12.1 Å². The summed E-state index contributed by atoms with van der Waals surface area (Å²) in [6.07, 6.45) is 1.12. The molecule has 0 saturated heterocycles. The van der Waals surface area contributed by atoms with E-state index in [1.54, 1.807) is 13.8 Å². The molecule has 3 N–H and O–H groups in total. The molecule has 21 heavy (non-hydrogen) atoms. The molecular formula is C12H25N5O3S. The van der Waals surface area contributed by atoms with E-state index in [2.05, 4.69) is 39.4 Å². The topological polar surface area (TPSA) is 109 Å². The van der Waals surface area contributed by atoms with E-state index in [-0.39, 0.29) is 6.01 Å². The van der Waals surface area contributed by atoms with Gasteiger partial charge in [-0.1, -0.05) is 18.9 Å². The molecule has 0 fully saturated rings. The van der Waals surface area contributed by atoms with Gasteiger partial charge >= 0.3 is 6.01 Å². The zero-order valence-electron chi connectivity index (χ0n) is 13.2. The average molecular weight is 319 g/mol. The molecule has 0 unspecified atom stereocenters. The molecule has 0 aliphatic carbocycles. The lowest BCUT2D eigenvalue weighted by Crippen LogP contribution is -2.47. The number of aromatic nitrogens is 2. The zero-order chi connectivity index (χ0) is 16.1. The normalized spacial score (nSPS) is 12.9. The standard InChI is InChI=1S/C12H25N5O3S/c1-9(2)6-13-7-10-15-16-11(20-10)14-8-12(3,4)17-21(5,18)19/h9,13,17H,6-8H2,1-5H3,(H,14,16). The highest BCUT2D eigenvalue weighted by Gasteiger charge is 2.22. The van der Waals surface area contributed by atoms with E-state index in [4.69, 9.17) is 4.42 Å². The fraction of sp³-hybridized carbons (Fsp3) is 0.833. The third-order valence-electron chi connectivity index (χ3n) is 2.44. The van der Waals surface area contributed by atoms with E-state index < -0.39 is 15.6 Å². The van der Waals surface area contributed by atoms with Crippen molar-refractivity contribution in [3.05, 3.63) is 5.89 Å². The highest BCUT2D eigenvalue weighted by molar-refractivity contribution is 7.88. The number of anilines is 1. The van der Waals surface area contributed by atoms with Gasteiger partial charge < -0.3 is 15.1 Å². The van der Waals surface area contributed by atoms with Crippen molar-refractivity contribution in [3.63, 3.8) is 0 Å². The predicted molar refractivity (Wildman–Crippen MR) is 81.4 cm³/mol. The maximum atomic E-state index is 11.2. The lowest BCUT2D eigenvalue weighted by atomic mass is 10.1. The molecule has 1 aromatic heterocycles. The van der Waals surface area contributed by atoms with Crippen LogP contribution in [0.2, 0.25) is 0 Å². The van der Waals surface area contributed by atoms with Crippen LogP contribution in [0.25, 0.3) is 0 Å². The van der Waals surface area contributed by atoms with Gasteiger partial charge in [0.15, 0.2) is 0 Å². The van der Waals surface area contributed by atoms with Crippen LogP contribution in [0.3, 0.4) is 0 Å². The summed E-state index contributed by atoms with van der Waals surface area (Å²) in [6, 6.07) is 0.278. The Morgan fingerprint density at radius 2 is 1.95 bits per heavy atom. The first-order valence-electron chi connectivity index (χ1n) is 6.83. The predicted octanol–water partition coefficient (Wildman–Crippen LogP) is 0.555. The van der Waals surface area contributed by atoms with Crippen LogP contribution < -0.4 is 15.4 Å². The van der Waals surface area contributed by atoms with Gasteiger partial charge in [0.2, 0.25) is 15.9 Å². The molecule has 0 spiro atoms. The minimum absolute atomic E-state index is 0.278. The van der Waals surface area contributed by atoms with Crippen LogP contribution in [0.4, 0.5) is 6.01 Å². The lowest BCUT2D eigenvalue weighted by molar-refractivity contribution is 0.444. The summed E-state index contributed by atoms with van der Waals surface area (Å²) >= 11 is 0. The van der Waals surface area contributed by atoms with Gasteiger partial charge in [-0.15, -0.1) is 5.10 Å². The number of sulfonamides is 1. The number of hydrogen-bond donors (Lipinski definition) is 3. The highest BCUT2D eigenvalue weighted by Crippen LogP contribution is 2.09. The van der Waals surface area contributed by atoms with E-state index in [0.717, 1.165) is 12.8 Å². The molecule has 0 radical (unpaired) electrons. The lowest BCUT2D eigenvalue weighted by Gasteiger charge is -2.24. The molecule has 0 aromatic carbocycles.